The number of hydrogen-bond donors (Lipinski definition) is 0. The molecule has 12 aromatic rings. The van der Waals surface area contributed by atoms with E-state index in [1.54, 1.807) is 0 Å². The second-order valence-electron chi connectivity index (χ2n) is 18.7. The fraction of sp³-hybridized carbons (Fsp3) is 0.0143. The van der Waals surface area contributed by atoms with E-state index in [0.717, 1.165) is 44.9 Å². The van der Waals surface area contributed by atoms with Crippen LogP contribution in [0.5, 0.6) is 0 Å². The number of aromatic nitrogens is 3. The molecule has 0 radical (unpaired) electrons. The minimum Gasteiger partial charge on any atom is -0.311 e. The topological polar surface area (TPSA) is 41.9 Å². The molecule has 0 saturated heterocycles. The van der Waals surface area contributed by atoms with Gasteiger partial charge in [0, 0.05) is 33.8 Å². The van der Waals surface area contributed by atoms with Gasteiger partial charge in [0.25, 0.3) is 0 Å². The molecule has 0 amide bonds. The molecule has 0 unspecified atom stereocenters. The van der Waals surface area contributed by atoms with Crippen LogP contribution in [0.4, 0.5) is 17.1 Å². The van der Waals surface area contributed by atoms with Crippen LogP contribution in [0, 0.1) is 0 Å². The molecular weight excluding hydrogens is 897 g/mol. The summed E-state index contributed by atoms with van der Waals surface area (Å²) in [5, 5.41) is 0. The molecule has 0 bridgehead atoms. The SMILES string of the molecule is c1ccc(-c2ccc(N(c3ccc(-c4ccccc4)cc3)c3ccc(-c4ccc(C5(c6ccc(-c7nc(-c8ccccc8)nc(-c8ccccc8)n7)cc6)c6ccccc6-c6ccccc65)cc4)cc3)cc2)cc1. The molecule has 1 aliphatic carbocycles. The van der Waals surface area contributed by atoms with Gasteiger partial charge in [-0.2, -0.15) is 0 Å². The average molecular weight is 945 g/mol. The molecule has 1 aliphatic rings. The van der Waals surface area contributed by atoms with E-state index < -0.39 is 5.41 Å². The molecule has 1 aromatic heterocycles. The molecule has 0 atom stereocenters. The molecule has 0 spiro atoms. The van der Waals surface area contributed by atoms with Crippen LogP contribution >= 0.6 is 0 Å². The van der Waals surface area contributed by atoms with Crippen molar-refractivity contribution < 1.29 is 0 Å². The highest BCUT2D eigenvalue weighted by Crippen LogP contribution is 2.56. The molecule has 348 valence electrons. The zero-order valence-corrected chi connectivity index (χ0v) is 40.5. The van der Waals surface area contributed by atoms with Crippen molar-refractivity contribution in [2.75, 3.05) is 4.90 Å². The van der Waals surface area contributed by atoms with E-state index in [1.807, 2.05) is 60.7 Å². The van der Waals surface area contributed by atoms with Crippen molar-refractivity contribution in [2.45, 2.75) is 5.41 Å². The first-order chi connectivity index (χ1) is 36.7. The number of nitrogens with zero attached hydrogens (tertiary/aromatic N) is 4. The first-order valence-electron chi connectivity index (χ1n) is 25.2. The Morgan fingerprint density at radius 2 is 0.459 bits per heavy atom. The maximum absolute atomic E-state index is 5.06. The molecule has 74 heavy (non-hydrogen) atoms. The van der Waals surface area contributed by atoms with E-state index in [0.29, 0.717) is 17.5 Å². The van der Waals surface area contributed by atoms with Crippen LogP contribution < -0.4 is 4.90 Å². The van der Waals surface area contributed by atoms with Crippen LogP contribution in [0.1, 0.15) is 22.3 Å². The molecule has 0 saturated carbocycles. The summed E-state index contributed by atoms with van der Waals surface area (Å²) >= 11 is 0. The molecule has 11 aromatic carbocycles. The average Bonchev–Trinajstić information content (AvgIpc) is 3.79. The Kier molecular flexibility index (Phi) is 11.4. The van der Waals surface area contributed by atoms with Gasteiger partial charge in [-0.15, -0.1) is 0 Å². The standard InChI is InChI=1S/C70H48N4/c1-5-17-49(18-6-1)52-33-43-60(44-34-52)74(61-45-35-53(36-46-61)50-19-7-2-8-20-50)62-47-37-54(38-48-62)51-29-39-58(40-30-51)70(65-27-15-13-25-63(65)64-26-14-16-28-66(64)70)59-41-31-57(32-42-59)69-72-67(55-21-9-3-10-22-55)71-68(73-69)56-23-11-4-12-24-56/h1-48H. The van der Waals surface area contributed by atoms with Gasteiger partial charge in [0.1, 0.15) is 0 Å². The third-order valence-electron chi connectivity index (χ3n) is 14.5. The number of hydrogen-bond acceptors (Lipinski definition) is 4. The Labute approximate surface area is 432 Å². The number of benzene rings is 11. The summed E-state index contributed by atoms with van der Waals surface area (Å²) in [6.45, 7) is 0. The van der Waals surface area contributed by atoms with Gasteiger partial charge in [0.05, 0.1) is 5.41 Å². The van der Waals surface area contributed by atoms with Gasteiger partial charge in [-0.1, -0.05) is 255 Å². The van der Waals surface area contributed by atoms with Crippen molar-refractivity contribution in [3.63, 3.8) is 0 Å². The van der Waals surface area contributed by atoms with Gasteiger partial charge in [0.2, 0.25) is 0 Å². The summed E-state index contributed by atoms with van der Waals surface area (Å²) in [5.41, 5.74) is 19.9. The molecule has 13 rings (SSSR count). The largest absolute Gasteiger partial charge is 0.311 e. The molecule has 4 heteroatoms. The van der Waals surface area contributed by atoms with E-state index in [1.165, 1.54) is 55.6 Å². The minimum absolute atomic E-state index is 0.579. The van der Waals surface area contributed by atoms with E-state index >= 15 is 0 Å². The van der Waals surface area contributed by atoms with Crippen LogP contribution in [-0.2, 0) is 5.41 Å². The van der Waals surface area contributed by atoms with Crippen LogP contribution in [0.15, 0.2) is 291 Å². The predicted molar refractivity (Wildman–Crippen MR) is 304 cm³/mol. The Hall–Kier alpha value is -9.77. The number of fused-ring (bicyclic) bond motifs is 3. The van der Waals surface area contributed by atoms with Crippen LogP contribution in [0.3, 0.4) is 0 Å². The highest BCUT2D eigenvalue weighted by atomic mass is 15.1. The van der Waals surface area contributed by atoms with Gasteiger partial charge in [-0.05, 0) is 103 Å². The lowest BCUT2D eigenvalue weighted by Gasteiger charge is -2.34. The van der Waals surface area contributed by atoms with Crippen molar-refractivity contribution in [1.82, 2.24) is 15.0 Å². The zero-order valence-electron chi connectivity index (χ0n) is 40.5. The smallest absolute Gasteiger partial charge is 0.164 e. The molecule has 1 heterocycles. The lowest BCUT2D eigenvalue weighted by Crippen LogP contribution is -2.28. The third kappa shape index (κ3) is 8.05. The normalized spacial score (nSPS) is 12.2. The molecule has 0 N–H and O–H groups in total. The molecule has 0 aliphatic heterocycles. The second kappa shape index (κ2) is 19.1. The monoisotopic (exact) mass is 944 g/mol. The fourth-order valence-corrected chi connectivity index (χ4v) is 10.9. The summed E-state index contributed by atoms with van der Waals surface area (Å²) < 4.78 is 0. The molecule has 0 fully saturated rings. The van der Waals surface area contributed by atoms with E-state index in [-0.39, 0.29) is 0 Å². The van der Waals surface area contributed by atoms with Gasteiger partial charge in [-0.25, -0.2) is 15.0 Å². The first kappa shape index (κ1) is 44.2. The Morgan fingerprint density at radius 3 is 0.797 bits per heavy atom. The summed E-state index contributed by atoms with van der Waals surface area (Å²) in [5.74, 6) is 1.91. The summed E-state index contributed by atoms with van der Waals surface area (Å²) in [6, 6.07) is 104. The Balaban J connectivity index is 0.866. The zero-order chi connectivity index (χ0) is 49.3. The van der Waals surface area contributed by atoms with Crippen molar-refractivity contribution in [3.05, 3.63) is 313 Å². The van der Waals surface area contributed by atoms with E-state index in [2.05, 4.69) is 235 Å². The van der Waals surface area contributed by atoms with E-state index in [4.69, 9.17) is 15.0 Å². The van der Waals surface area contributed by atoms with Gasteiger partial charge in [0.15, 0.2) is 17.5 Å². The fourth-order valence-electron chi connectivity index (χ4n) is 10.9. The van der Waals surface area contributed by atoms with Gasteiger partial charge < -0.3 is 4.90 Å². The Morgan fingerprint density at radius 1 is 0.216 bits per heavy atom. The summed E-state index contributed by atoms with van der Waals surface area (Å²) in [4.78, 5) is 17.4. The van der Waals surface area contributed by atoms with Crippen molar-refractivity contribution in [3.8, 4) is 78.7 Å². The highest BCUT2D eigenvalue weighted by molar-refractivity contribution is 5.87. The van der Waals surface area contributed by atoms with Crippen molar-refractivity contribution in [2.24, 2.45) is 0 Å². The van der Waals surface area contributed by atoms with Gasteiger partial charge in [-0.3, -0.25) is 0 Å². The number of anilines is 3. The maximum Gasteiger partial charge on any atom is 0.164 e. The lowest BCUT2D eigenvalue weighted by atomic mass is 9.67. The van der Waals surface area contributed by atoms with Crippen LogP contribution in [0.2, 0.25) is 0 Å². The third-order valence-corrected chi connectivity index (χ3v) is 14.5. The molecule has 4 nitrogen and oxygen atoms in total. The second-order valence-corrected chi connectivity index (χ2v) is 18.7. The Bertz CT molecular complexity index is 3690. The van der Waals surface area contributed by atoms with Crippen molar-refractivity contribution in [1.29, 1.82) is 0 Å². The quantitative estimate of drug-likeness (QED) is 0.130. The van der Waals surface area contributed by atoms with Gasteiger partial charge >= 0.3 is 0 Å². The minimum atomic E-state index is -0.579. The first-order valence-corrected chi connectivity index (χ1v) is 25.2. The van der Waals surface area contributed by atoms with Crippen molar-refractivity contribution >= 4 is 17.1 Å². The predicted octanol–water partition coefficient (Wildman–Crippen LogP) is 17.7. The highest BCUT2D eigenvalue weighted by Gasteiger charge is 2.46. The van der Waals surface area contributed by atoms with Crippen LogP contribution in [-0.4, -0.2) is 15.0 Å². The summed E-state index contributed by atoms with van der Waals surface area (Å²) in [6.07, 6.45) is 0. The van der Waals surface area contributed by atoms with E-state index in [9.17, 15) is 0 Å². The maximum atomic E-state index is 5.06. The molecular formula is C70H48N4. The lowest BCUT2D eigenvalue weighted by molar-refractivity contribution is 0.768. The van der Waals surface area contributed by atoms with Crippen LogP contribution in [0.25, 0.3) is 78.7 Å². The summed E-state index contributed by atoms with van der Waals surface area (Å²) in [7, 11) is 0. The number of rotatable bonds is 11.